The fourth-order valence-electron chi connectivity index (χ4n) is 1.22. The van der Waals surface area contributed by atoms with E-state index in [0.29, 0.717) is 6.42 Å². The molecule has 0 aromatic heterocycles. The fraction of sp³-hybridized carbons (Fsp3) is 0.818. The van der Waals surface area contributed by atoms with Gasteiger partial charge in [0.05, 0.1) is 7.11 Å². The van der Waals surface area contributed by atoms with Gasteiger partial charge in [-0.15, -0.1) is 0 Å². The van der Waals surface area contributed by atoms with E-state index in [2.05, 4.69) is 32.9 Å². The van der Waals surface area contributed by atoms with Crippen LogP contribution in [0.4, 0.5) is 0 Å². The second-order valence-electron chi connectivity index (χ2n) is 3.61. The summed E-state index contributed by atoms with van der Waals surface area (Å²) in [5, 5.41) is 2.69. The van der Waals surface area contributed by atoms with Gasteiger partial charge in [-0.1, -0.05) is 42.1 Å². The van der Waals surface area contributed by atoms with Crippen LogP contribution >= 0.6 is 15.9 Å². The summed E-state index contributed by atoms with van der Waals surface area (Å²) in [4.78, 5) is 21.9. The van der Waals surface area contributed by atoms with Gasteiger partial charge in [0, 0.05) is 13.0 Å². The molecule has 1 amide bonds. The standard InChI is InChI=1S/C11H20BrNO3/c1-3-4-5-6-7-10(14)13-8-9(12)11(15)16-2/h9H,3-8H2,1-2H3,(H,13,14). The molecular weight excluding hydrogens is 274 g/mol. The molecule has 5 heteroatoms. The van der Waals surface area contributed by atoms with Crippen molar-refractivity contribution in [1.82, 2.24) is 5.32 Å². The molecule has 0 aliphatic heterocycles. The summed E-state index contributed by atoms with van der Waals surface area (Å²) in [6.07, 6.45) is 4.84. The highest BCUT2D eigenvalue weighted by Gasteiger charge is 2.15. The van der Waals surface area contributed by atoms with E-state index in [9.17, 15) is 9.59 Å². The van der Waals surface area contributed by atoms with Gasteiger partial charge in [0.1, 0.15) is 4.83 Å². The topological polar surface area (TPSA) is 55.4 Å². The van der Waals surface area contributed by atoms with Crippen LogP contribution in [0, 0.1) is 0 Å². The van der Waals surface area contributed by atoms with Crippen molar-refractivity contribution in [3.8, 4) is 0 Å². The Hall–Kier alpha value is -0.580. The van der Waals surface area contributed by atoms with Gasteiger partial charge in [-0.2, -0.15) is 0 Å². The summed E-state index contributed by atoms with van der Waals surface area (Å²) >= 11 is 3.14. The highest BCUT2D eigenvalue weighted by atomic mass is 79.9. The molecule has 0 radical (unpaired) electrons. The number of esters is 1. The first-order chi connectivity index (χ1) is 7.61. The van der Waals surface area contributed by atoms with Crippen LogP contribution < -0.4 is 5.32 Å². The van der Waals surface area contributed by atoms with Crippen molar-refractivity contribution in [3.05, 3.63) is 0 Å². The monoisotopic (exact) mass is 293 g/mol. The van der Waals surface area contributed by atoms with E-state index >= 15 is 0 Å². The van der Waals surface area contributed by atoms with Crippen molar-refractivity contribution in [2.75, 3.05) is 13.7 Å². The molecule has 4 nitrogen and oxygen atoms in total. The highest BCUT2D eigenvalue weighted by molar-refractivity contribution is 9.10. The number of carbonyl (C=O) groups excluding carboxylic acids is 2. The molecule has 0 heterocycles. The molecule has 0 aliphatic carbocycles. The van der Waals surface area contributed by atoms with Gasteiger partial charge in [0.25, 0.3) is 0 Å². The Morgan fingerprint density at radius 2 is 2.00 bits per heavy atom. The molecule has 0 fully saturated rings. The number of hydrogen-bond donors (Lipinski definition) is 1. The van der Waals surface area contributed by atoms with Crippen LogP contribution in [0.5, 0.6) is 0 Å². The minimum absolute atomic E-state index is 0.00976. The van der Waals surface area contributed by atoms with Gasteiger partial charge in [-0.25, -0.2) is 0 Å². The Labute approximate surface area is 105 Å². The van der Waals surface area contributed by atoms with Gasteiger partial charge < -0.3 is 10.1 Å². The molecule has 0 aromatic carbocycles. The number of unbranched alkanes of at least 4 members (excludes halogenated alkanes) is 3. The maximum Gasteiger partial charge on any atom is 0.321 e. The van der Waals surface area contributed by atoms with E-state index in [4.69, 9.17) is 0 Å². The molecule has 0 aliphatic rings. The predicted molar refractivity (Wildman–Crippen MR) is 66.5 cm³/mol. The lowest BCUT2D eigenvalue weighted by atomic mass is 10.1. The zero-order valence-electron chi connectivity index (χ0n) is 9.92. The van der Waals surface area contributed by atoms with E-state index in [1.54, 1.807) is 0 Å². The molecule has 0 bridgehead atoms. The van der Waals surface area contributed by atoms with Gasteiger partial charge in [-0.05, 0) is 6.42 Å². The SMILES string of the molecule is CCCCCCC(=O)NCC(Br)C(=O)OC. The molecule has 0 saturated heterocycles. The van der Waals surface area contributed by atoms with Crippen molar-refractivity contribution in [2.24, 2.45) is 0 Å². The van der Waals surface area contributed by atoms with Crippen LogP contribution in [0.1, 0.15) is 39.0 Å². The third-order valence-corrected chi connectivity index (χ3v) is 2.89. The fourth-order valence-corrected chi connectivity index (χ4v) is 1.56. The van der Waals surface area contributed by atoms with E-state index in [1.165, 1.54) is 7.11 Å². The van der Waals surface area contributed by atoms with Crippen LogP contribution in [0.25, 0.3) is 0 Å². The van der Waals surface area contributed by atoms with Crippen molar-refractivity contribution in [3.63, 3.8) is 0 Å². The molecule has 1 N–H and O–H groups in total. The molecule has 0 spiro atoms. The minimum atomic E-state index is -0.461. The number of alkyl halides is 1. The maximum atomic E-state index is 11.3. The minimum Gasteiger partial charge on any atom is -0.468 e. The van der Waals surface area contributed by atoms with Crippen LogP contribution in [0.2, 0.25) is 0 Å². The van der Waals surface area contributed by atoms with Crippen LogP contribution in [-0.2, 0) is 14.3 Å². The molecule has 0 aromatic rings. The third-order valence-electron chi connectivity index (χ3n) is 2.19. The summed E-state index contributed by atoms with van der Waals surface area (Å²) in [6, 6.07) is 0. The molecule has 94 valence electrons. The quantitative estimate of drug-likeness (QED) is 0.423. The number of rotatable bonds is 8. The number of halogens is 1. The second-order valence-corrected chi connectivity index (χ2v) is 4.71. The van der Waals surface area contributed by atoms with Crippen LogP contribution in [-0.4, -0.2) is 30.4 Å². The van der Waals surface area contributed by atoms with Gasteiger partial charge >= 0.3 is 5.97 Å². The molecule has 0 saturated carbocycles. The summed E-state index contributed by atoms with van der Waals surface area (Å²) in [7, 11) is 1.32. The number of methoxy groups -OCH3 is 1. The summed E-state index contributed by atoms with van der Waals surface area (Å²) in [5.74, 6) is -0.379. The van der Waals surface area contributed by atoms with Crippen LogP contribution in [0.3, 0.4) is 0 Å². The summed E-state index contributed by atoms with van der Waals surface area (Å²) < 4.78 is 4.52. The van der Waals surface area contributed by atoms with E-state index in [1.807, 2.05) is 0 Å². The Bertz CT molecular complexity index is 221. The lowest BCUT2D eigenvalue weighted by Crippen LogP contribution is -2.33. The Kier molecular flexibility index (Phi) is 9.28. The zero-order valence-corrected chi connectivity index (χ0v) is 11.5. The van der Waals surface area contributed by atoms with Gasteiger partial charge in [-0.3, -0.25) is 9.59 Å². The highest BCUT2D eigenvalue weighted by Crippen LogP contribution is 2.03. The molecule has 1 atom stereocenters. The van der Waals surface area contributed by atoms with Gasteiger partial charge in [0.2, 0.25) is 5.91 Å². The Balaban J connectivity index is 3.53. The molecular formula is C11H20BrNO3. The van der Waals surface area contributed by atoms with E-state index < -0.39 is 4.83 Å². The van der Waals surface area contributed by atoms with Crippen LogP contribution in [0.15, 0.2) is 0 Å². The number of amides is 1. The Morgan fingerprint density at radius 3 is 2.56 bits per heavy atom. The summed E-state index contributed by atoms with van der Waals surface area (Å²) in [5.41, 5.74) is 0. The first kappa shape index (κ1) is 15.4. The van der Waals surface area contributed by atoms with Crippen molar-refractivity contribution >= 4 is 27.8 Å². The predicted octanol–water partition coefficient (Wildman–Crippen LogP) is 2.01. The number of nitrogens with one attached hydrogen (secondary N) is 1. The maximum absolute atomic E-state index is 11.3. The van der Waals surface area contributed by atoms with Crippen molar-refractivity contribution < 1.29 is 14.3 Å². The Morgan fingerprint density at radius 1 is 1.31 bits per heavy atom. The lowest BCUT2D eigenvalue weighted by Gasteiger charge is -2.09. The number of ether oxygens (including phenoxy) is 1. The summed E-state index contributed by atoms with van der Waals surface area (Å²) in [6.45, 7) is 2.41. The van der Waals surface area contributed by atoms with Crippen molar-refractivity contribution in [1.29, 1.82) is 0 Å². The molecule has 1 unspecified atom stereocenters. The molecule has 16 heavy (non-hydrogen) atoms. The second kappa shape index (κ2) is 9.63. The van der Waals surface area contributed by atoms with Gasteiger partial charge in [0.15, 0.2) is 0 Å². The lowest BCUT2D eigenvalue weighted by molar-refractivity contribution is -0.139. The molecule has 0 rings (SSSR count). The van der Waals surface area contributed by atoms with E-state index in [-0.39, 0.29) is 18.4 Å². The van der Waals surface area contributed by atoms with Crippen molar-refractivity contribution in [2.45, 2.75) is 43.9 Å². The first-order valence-corrected chi connectivity index (χ1v) is 6.52. The normalized spacial score (nSPS) is 11.9. The zero-order chi connectivity index (χ0) is 12.4. The average molecular weight is 294 g/mol. The van der Waals surface area contributed by atoms with E-state index in [0.717, 1.165) is 25.7 Å². The number of carbonyl (C=O) groups is 2. The first-order valence-electron chi connectivity index (χ1n) is 5.60. The smallest absolute Gasteiger partial charge is 0.321 e. The largest absolute Gasteiger partial charge is 0.468 e. The average Bonchev–Trinajstić information content (AvgIpc) is 2.30. The number of hydrogen-bond acceptors (Lipinski definition) is 3. The third kappa shape index (κ3) is 7.68.